The Bertz CT molecular complexity index is 466. The molecule has 6 nitrogen and oxygen atoms in total. The minimum absolute atomic E-state index is 0.000641. The summed E-state index contributed by atoms with van der Waals surface area (Å²) in [5, 5.41) is 10.7. The van der Waals surface area contributed by atoms with E-state index < -0.39 is 41.8 Å². The Kier molecular flexibility index (Phi) is 4.11. The average molecular weight is 308 g/mol. The van der Waals surface area contributed by atoms with Gasteiger partial charge in [-0.25, -0.2) is 0 Å². The first-order valence-electron chi connectivity index (χ1n) is 6.59. The molecule has 9 heteroatoms. The van der Waals surface area contributed by atoms with E-state index in [9.17, 15) is 27.6 Å². The molecule has 2 aliphatic heterocycles. The number of aliphatic carboxylic acids is 1. The third-order valence-corrected chi connectivity index (χ3v) is 3.92. The lowest BCUT2D eigenvalue weighted by Crippen LogP contribution is -2.54. The predicted octanol–water partition coefficient (Wildman–Crippen LogP) is 0.377. The number of likely N-dealkylation sites (tertiary alicyclic amines) is 1. The van der Waals surface area contributed by atoms with Crippen LogP contribution < -0.4 is 5.32 Å². The molecule has 0 aromatic heterocycles. The van der Waals surface area contributed by atoms with Gasteiger partial charge in [-0.2, -0.15) is 13.2 Å². The van der Waals surface area contributed by atoms with E-state index in [1.165, 1.54) is 4.90 Å². The molecule has 2 aliphatic rings. The Morgan fingerprint density at radius 2 is 1.90 bits per heavy atom. The molecule has 21 heavy (non-hydrogen) atoms. The molecule has 0 unspecified atom stereocenters. The molecule has 3 atom stereocenters. The highest BCUT2D eigenvalue weighted by Gasteiger charge is 2.47. The van der Waals surface area contributed by atoms with Crippen molar-refractivity contribution in [2.45, 2.75) is 31.5 Å². The number of hydrogen-bond donors (Lipinski definition) is 2. The molecular weight excluding hydrogens is 293 g/mol. The van der Waals surface area contributed by atoms with Gasteiger partial charge in [-0.3, -0.25) is 14.4 Å². The largest absolute Gasteiger partial charge is 0.481 e. The summed E-state index contributed by atoms with van der Waals surface area (Å²) in [5.74, 6) is -4.38. The number of amides is 2. The van der Waals surface area contributed by atoms with Crippen LogP contribution in [0.3, 0.4) is 0 Å². The van der Waals surface area contributed by atoms with Crippen LogP contribution in [0, 0.1) is 11.8 Å². The fourth-order valence-corrected chi connectivity index (χ4v) is 2.67. The molecular formula is C12H15F3N2O4. The molecule has 2 heterocycles. The van der Waals surface area contributed by atoms with E-state index in [0.29, 0.717) is 6.42 Å². The van der Waals surface area contributed by atoms with Crippen LogP contribution in [0.5, 0.6) is 0 Å². The van der Waals surface area contributed by atoms with Crippen LogP contribution in [0.15, 0.2) is 0 Å². The minimum atomic E-state index is -4.52. The molecule has 2 N–H and O–H groups in total. The number of carbonyl (C=O) groups excluding carboxylic acids is 2. The van der Waals surface area contributed by atoms with Crippen LogP contribution in [0.25, 0.3) is 0 Å². The van der Waals surface area contributed by atoms with Gasteiger partial charge in [0.05, 0.1) is 5.92 Å². The summed E-state index contributed by atoms with van der Waals surface area (Å²) in [7, 11) is 0. The van der Waals surface area contributed by atoms with Crippen molar-refractivity contribution < 1.29 is 32.7 Å². The number of rotatable bonds is 2. The van der Waals surface area contributed by atoms with Crippen LogP contribution in [-0.2, 0) is 14.4 Å². The smallest absolute Gasteiger partial charge is 0.408 e. The Hall–Kier alpha value is -1.80. The van der Waals surface area contributed by atoms with Gasteiger partial charge in [0.25, 0.3) is 0 Å². The molecule has 118 valence electrons. The summed E-state index contributed by atoms with van der Waals surface area (Å²) in [4.78, 5) is 35.9. The van der Waals surface area contributed by atoms with E-state index >= 15 is 0 Å². The molecule has 0 spiro atoms. The Balaban J connectivity index is 1.96. The SMILES string of the molecule is O=C(O)[C@@H]1CCN(C(=O)[C@@H]2CC[C@@H](C(F)(F)F)NC2=O)C1. The van der Waals surface area contributed by atoms with Crippen molar-refractivity contribution >= 4 is 17.8 Å². The second-order valence-corrected chi connectivity index (χ2v) is 5.34. The maximum absolute atomic E-state index is 12.5. The lowest BCUT2D eigenvalue weighted by atomic mass is 9.92. The van der Waals surface area contributed by atoms with Gasteiger partial charge in [-0.15, -0.1) is 0 Å². The number of carboxylic acid groups (broad SMARTS) is 1. The average Bonchev–Trinajstić information content (AvgIpc) is 2.86. The number of nitrogens with zero attached hydrogens (tertiary/aromatic N) is 1. The van der Waals surface area contributed by atoms with Crippen LogP contribution in [-0.4, -0.2) is 53.1 Å². The lowest BCUT2D eigenvalue weighted by Gasteiger charge is -2.31. The number of piperidine rings is 1. The lowest BCUT2D eigenvalue weighted by molar-refractivity contribution is -0.172. The van der Waals surface area contributed by atoms with Crippen LogP contribution in [0.2, 0.25) is 0 Å². The van der Waals surface area contributed by atoms with Gasteiger partial charge < -0.3 is 15.3 Å². The monoisotopic (exact) mass is 308 g/mol. The number of carbonyl (C=O) groups is 3. The number of carboxylic acids is 1. The van der Waals surface area contributed by atoms with Gasteiger partial charge in [-0.05, 0) is 19.3 Å². The molecule has 0 aromatic rings. The second-order valence-electron chi connectivity index (χ2n) is 5.34. The van der Waals surface area contributed by atoms with E-state index in [1.54, 1.807) is 0 Å². The van der Waals surface area contributed by atoms with Crippen LogP contribution in [0.4, 0.5) is 13.2 Å². The van der Waals surface area contributed by atoms with Gasteiger partial charge in [0.1, 0.15) is 12.0 Å². The van der Waals surface area contributed by atoms with Crippen molar-refractivity contribution in [3.05, 3.63) is 0 Å². The zero-order valence-corrected chi connectivity index (χ0v) is 11.0. The third kappa shape index (κ3) is 3.27. The molecule has 2 rings (SSSR count). The maximum atomic E-state index is 12.5. The van der Waals surface area contributed by atoms with Gasteiger partial charge in [0.15, 0.2) is 0 Å². The molecule has 2 amide bonds. The summed E-state index contributed by atoms with van der Waals surface area (Å²) in [6, 6.07) is -1.92. The van der Waals surface area contributed by atoms with Crippen molar-refractivity contribution in [2.24, 2.45) is 11.8 Å². The van der Waals surface area contributed by atoms with Gasteiger partial charge in [0, 0.05) is 13.1 Å². The van der Waals surface area contributed by atoms with Crippen molar-refractivity contribution in [1.82, 2.24) is 10.2 Å². The van der Waals surface area contributed by atoms with Gasteiger partial charge >= 0.3 is 12.1 Å². The fourth-order valence-electron chi connectivity index (χ4n) is 2.67. The topological polar surface area (TPSA) is 86.7 Å². The summed E-state index contributed by atoms with van der Waals surface area (Å²) in [5.41, 5.74) is 0. The van der Waals surface area contributed by atoms with Crippen LogP contribution >= 0.6 is 0 Å². The van der Waals surface area contributed by atoms with Crippen molar-refractivity contribution in [3.8, 4) is 0 Å². The number of halogens is 3. The molecule has 2 saturated heterocycles. The molecule has 2 fully saturated rings. The van der Waals surface area contributed by atoms with Gasteiger partial charge in [-0.1, -0.05) is 0 Å². The number of nitrogens with one attached hydrogen (secondary N) is 1. The first-order valence-corrected chi connectivity index (χ1v) is 6.59. The van der Waals surface area contributed by atoms with Crippen molar-refractivity contribution in [3.63, 3.8) is 0 Å². The third-order valence-electron chi connectivity index (χ3n) is 3.92. The van der Waals surface area contributed by atoms with Crippen LogP contribution in [0.1, 0.15) is 19.3 Å². The zero-order valence-electron chi connectivity index (χ0n) is 11.0. The second kappa shape index (κ2) is 5.53. The summed E-state index contributed by atoms with van der Waals surface area (Å²) >= 11 is 0. The van der Waals surface area contributed by atoms with E-state index in [0.717, 1.165) is 0 Å². The number of hydrogen-bond acceptors (Lipinski definition) is 3. The molecule has 0 saturated carbocycles. The van der Waals surface area contributed by atoms with Gasteiger partial charge in [0.2, 0.25) is 11.8 Å². The Morgan fingerprint density at radius 1 is 1.24 bits per heavy atom. The van der Waals surface area contributed by atoms with Crippen molar-refractivity contribution in [1.29, 1.82) is 0 Å². The predicted molar refractivity (Wildman–Crippen MR) is 63.0 cm³/mol. The van der Waals surface area contributed by atoms with E-state index in [-0.39, 0.29) is 25.9 Å². The minimum Gasteiger partial charge on any atom is -0.481 e. The highest BCUT2D eigenvalue weighted by Crippen LogP contribution is 2.30. The molecule has 0 bridgehead atoms. The quantitative estimate of drug-likeness (QED) is 0.722. The highest BCUT2D eigenvalue weighted by molar-refractivity contribution is 6.01. The summed E-state index contributed by atoms with van der Waals surface area (Å²) in [6.07, 6.45) is -4.75. The first-order chi connectivity index (χ1) is 9.70. The molecule has 0 aromatic carbocycles. The van der Waals surface area contributed by atoms with E-state index in [4.69, 9.17) is 5.11 Å². The number of alkyl halides is 3. The zero-order chi connectivity index (χ0) is 15.8. The normalized spacial score (nSPS) is 30.1. The maximum Gasteiger partial charge on any atom is 0.408 e. The van der Waals surface area contributed by atoms with E-state index in [2.05, 4.69) is 0 Å². The van der Waals surface area contributed by atoms with Crippen molar-refractivity contribution in [2.75, 3.05) is 13.1 Å². The Labute approximate surface area is 118 Å². The summed E-state index contributed by atoms with van der Waals surface area (Å²) in [6.45, 7) is 0.211. The standard InChI is InChI=1S/C12H15F3N2O4/c13-12(14,15)8-2-1-7(9(18)16-8)10(19)17-4-3-6(5-17)11(20)21/h6-8H,1-5H2,(H,16,18)(H,20,21)/t6-,7-,8+/m1/s1. The molecule has 0 aliphatic carbocycles. The first kappa shape index (κ1) is 15.6. The Morgan fingerprint density at radius 3 is 2.38 bits per heavy atom. The molecule has 0 radical (unpaired) electrons. The summed E-state index contributed by atoms with van der Waals surface area (Å²) < 4.78 is 37.5. The highest BCUT2D eigenvalue weighted by atomic mass is 19.4. The van der Waals surface area contributed by atoms with E-state index in [1.807, 2.05) is 5.32 Å². The fraction of sp³-hybridized carbons (Fsp3) is 0.750.